The highest BCUT2D eigenvalue weighted by Gasteiger charge is 2.19. The van der Waals surface area contributed by atoms with Crippen molar-refractivity contribution in [1.82, 2.24) is 5.43 Å². The predicted octanol–water partition coefficient (Wildman–Crippen LogP) is 3.84. The van der Waals surface area contributed by atoms with Crippen LogP contribution in [0.15, 0.2) is 48.5 Å². The number of benzene rings is 2. The van der Waals surface area contributed by atoms with Crippen LogP contribution in [-0.4, -0.2) is 12.1 Å². The third-order valence-electron chi connectivity index (χ3n) is 3.30. The summed E-state index contributed by atoms with van der Waals surface area (Å²) >= 11 is 12.1. The van der Waals surface area contributed by atoms with E-state index in [1.165, 1.54) is 0 Å². The van der Waals surface area contributed by atoms with Crippen LogP contribution in [-0.2, 0) is 6.42 Å². The van der Waals surface area contributed by atoms with Crippen LogP contribution in [0.4, 0.5) is 0 Å². The normalized spacial score (nSPS) is 13.7. The van der Waals surface area contributed by atoms with E-state index in [9.17, 15) is 0 Å². The number of ether oxygens (including phenoxy) is 1. The largest absolute Gasteiger partial charge is 0.489 e. The lowest BCUT2D eigenvalue weighted by Crippen LogP contribution is -2.46. The summed E-state index contributed by atoms with van der Waals surface area (Å²) in [7, 11) is 0. The van der Waals surface area contributed by atoms with Crippen LogP contribution in [0.5, 0.6) is 5.75 Å². The Labute approximate surface area is 135 Å². The van der Waals surface area contributed by atoms with Crippen molar-refractivity contribution in [2.24, 2.45) is 5.84 Å². The zero-order chi connectivity index (χ0) is 15.2. The van der Waals surface area contributed by atoms with Gasteiger partial charge in [0.25, 0.3) is 0 Å². The Morgan fingerprint density at radius 3 is 2.57 bits per heavy atom. The van der Waals surface area contributed by atoms with E-state index in [0.29, 0.717) is 11.4 Å². The van der Waals surface area contributed by atoms with E-state index in [-0.39, 0.29) is 12.1 Å². The van der Waals surface area contributed by atoms with E-state index in [1.54, 1.807) is 6.07 Å². The van der Waals surface area contributed by atoms with Gasteiger partial charge in [0.15, 0.2) is 0 Å². The van der Waals surface area contributed by atoms with Crippen molar-refractivity contribution >= 4 is 23.2 Å². The van der Waals surface area contributed by atoms with Crippen LogP contribution in [0.2, 0.25) is 10.0 Å². The van der Waals surface area contributed by atoms with E-state index < -0.39 is 0 Å². The first-order valence-corrected chi connectivity index (χ1v) is 7.47. The summed E-state index contributed by atoms with van der Waals surface area (Å²) in [4.78, 5) is 0. The molecule has 0 bridgehead atoms. The zero-order valence-electron chi connectivity index (χ0n) is 11.7. The highest BCUT2D eigenvalue weighted by molar-refractivity contribution is 6.31. The van der Waals surface area contributed by atoms with Gasteiger partial charge in [-0.1, -0.05) is 47.5 Å². The van der Waals surface area contributed by atoms with Crippen molar-refractivity contribution in [2.75, 3.05) is 0 Å². The van der Waals surface area contributed by atoms with Crippen LogP contribution in [0.25, 0.3) is 0 Å². The molecule has 0 aliphatic heterocycles. The minimum atomic E-state index is -0.135. The summed E-state index contributed by atoms with van der Waals surface area (Å²) in [6, 6.07) is 15.0. The second-order valence-corrected chi connectivity index (χ2v) is 5.69. The lowest BCUT2D eigenvalue weighted by molar-refractivity contribution is 0.169. The van der Waals surface area contributed by atoms with Crippen LogP contribution >= 0.6 is 23.2 Å². The lowest BCUT2D eigenvalue weighted by Gasteiger charge is -2.25. The van der Waals surface area contributed by atoms with Crippen molar-refractivity contribution in [2.45, 2.75) is 25.5 Å². The van der Waals surface area contributed by atoms with Gasteiger partial charge in [-0.15, -0.1) is 0 Å². The Kier molecular flexibility index (Phi) is 5.88. The molecule has 2 aromatic rings. The van der Waals surface area contributed by atoms with Crippen molar-refractivity contribution < 1.29 is 4.74 Å². The molecule has 3 N–H and O–H groups in total. The molecule has 0 aromatic heterocycles. The molecule has 0 heterocycles. The molecule has 2 rings (SSSR count). The molecule has 112 valence electrons. The smallest absolute Gasteiger partial charge is 0.121 e. The molecule has 2 aromatic carbocycles. The quantitative estimate of drug-likeness (QED) is 0.627. The Hall–Kier alpha value is -1.26. The van der Waals surface area contributed by atoms with Crippen LogP contribution < -0.4 is 16.0 Å². The summed E-state index contributed by atoms with van der Waals surface area (Å²) in [6.07, 6.45) is 0.544. The Morgan fingerprint density at radius 1 is 1.14 bits per heavy atom. The molecular weight excluding hydrogens is 307 g/mol. The van der Waals surface area contributed by atoms with Gasteiger partial charge < -0.3 is 4.74 Å². The van der Waals surface area contributed by atoms with Crippen molar-refractivity contribution in [3.63, 3.8) is 0 Å². The molecular formula is C16H18Cl2N2O. The summed E-state index contributed by atoms with van der Waals surface area (Å²) < 4.78 is 5.89. The van der Waals surface area contributed by atoms with Gasteiger partial charge in [-0.3, -0.25) is 11.3 Å². The van der Waals surface area contributed by atoms with E-state index >= 15 is 0 Å². The lowest BCUT2D eigenvalue weighted by atomic mass is 10.0. The molecule has 0 radical (unpaired) electrons. The maximum atomic E-state index is 6.18. The van der Waals surface area contributed by atoms with Gasteiger partial charge >= 0.3 is 0 Å². The third-order valence-corrected chi connectivity index (χ3v) is 3.90. The fraction of sp³-hybridized carbons (Fsp3) is 0.250. The van der Waals surface area contributed by atoms with Crippen LogP contribution in [0.3, 0.4) is 0 Å². The monoisotopic (exact) mass is 324 g/mol. The second-order valence-electron chi connectivity index (χ2n) is 4.85. The number of rotatable bonds is 6. The maximum absolute atomic E-state index is 6.18. The molecule has 0 spiro atoms. The van der Waals surface area contributed by atoms with E-state index in [0.717, 1.165) is 16.3 Å². The molecule has 3 nitrogen and oxygen atoms in total. The molecule has 0 aliphatic rings. The van der Waals surface area contributed by atoms with Crippen LogP contribution in [0, 0.1) is 0 Å². The standard InChI is InChI=1S/C16H18Cl2N2O/c1-11(21-14-7-4-6-13(17)10-14)16(20-19)9-12-5-2-3-8-15(12)18/h2-8,10-11,16,20H,9,19H2,1H3. The summed E-state index contributed by atoms with van der Waals surface area (Å²) in [5, 5.41) is 1.37. The van der Waals surface area contributed by atoms with Gasteiger partial charge in [0.2, 0.25) is 0 Å². The van der Waals surface area contributed by atoms with Gasteiger partial charge in [0, 0.05) is 10.0 Å². The molecule has 0 fully saturated rings. The molecule has 21 heavy (non-hydrogen) atoms. The molecule has 0 aliphatic carbocycles. The average Bonchev–Trinajstić information content (AvgIpc) is 2.46. The molecule has 0 saturated carbocycles. The van der Waals surface area contributed by atoms with Gasteiger partial charge in [0.05, 0.1) is 6.04 Å². The second kappa shape index (κ2) is 7.66. The highest BCUT2D eigenvalue weighted by atomic mass is 35.5. The zero-order valence-corrected chi connectivity index (χ0v) is 13.2. The molecule has 0 saturated heterocycles. The van der Waals surface area contributed by atoms with Crippen LogP contribution in [0.1, 0.15) is 12.5 Å². The minimum Gasteiger partial charge on any atom is -0.489 e. The van der Waals surface area contributed by atoms with Gasteiger partial charge in [-0.05, 0) is 43.2 Å². The number of hydrogen-bond donors (Lipinski definition) is 2. The van der Waals surface area contributed by atoms with Gasteiger partial charge in [0.1, 0.15) is 11.9 Å². The Balaban J connectivity index is 2.05. The Morgan fingerprint density at radius 2 is 1.90 bits per heavy atom. The SMILES string of the molecule is CC(Oc1cccc(Cl)c1)C(Cc1ccccc1Cl)NN. The number of nitrogens with one attached hydrogen (secondary N) is 1. The third kappa shape index (κ3) is 4.61. The topological polar surface area (TPSA) is 47.3 Å². The fourth-order valence-corrected chi connectivity index (χ4v) is 2.49. The van der Waals surface area contributed by atoms with Crippen molar-refractivity contribution in [1.29, 1.82) is 0 Å². The number of hydrazine groups is 1. The number of nitrogens with two attached hydrogens (primary N) is 1. The number of hydrogen-bond acceptors (Lipinski definition) is 3. The average molecular weight is 325 g/mol. The Bertz CT molecular complexity index is 592. The molecule has 2 atom stereocenters. The summed E-state index contributed by atoms with van der Waals surface area (Å²) in [5.74, 6) is 6.37. The molecule has 0 amide bonds. The van der Waals surface area contributed by atoms with Crippen molar-refractivity contribution in [3.8, 4) is 5.75 Å². The first-order chi connectivity index (χ1) is 10.1. The summed E-state index contributed by atoms with van der Waals surface area (Å²) in [5.41, 5.74) is 3.83. The minimum absolute atomic E-state index is 0.0659. The maximum Gasteiger partial charge on any atom is 0.121 e. The number of halogens is 2. The molecule has 2 unspecified atom stereocenters. The van der Waals surface area contributed by atoms with E-state index in [4.69, 9.17) is 33.8 Å². The van der Waals surface area contributed by atoms with Crippen molar-refractivity contribution in [3.05, 3.63) is 64.1 Å². The first kappa shape index (κ1) is 16.1. The fourth-order valence-electron chi connectivity index (χ4n) is 2.10. The highest BCUT2D eigenvalue weighted by Crippen LogP contribution is 2.21. The van der Waals surface area contributed by atoms with Gasteiger partial charge in [-0.2, -0.15) is 0 Å². The predicted molar refractivity (Wildman–Crippen MR) is 87.8 cm³/mol. The summed E-state index contributed by atoms with van der Waals surface area (Å²) in [6.45, 7) is 1.96. The van der Waals surface area contributed by atoms with E-state index in [1.807, 2.05) is 49.4 Å². The molecule has 5 heteroatoms. The van der Waals surface area contributed by atoms with E-state index in [2.05, 4.69) is 5.43 Å². The van der Waals surface area contributed by atoms with Gasteiger partial charge in [-0.25, -0.2) is 0 Å². The first-order valence-electron chi connectivity index (χ1n) is 6.72.